The first-order valence-corrected chi connectivity index (χ1v) is 19.9. The van der Waals surface area contributed by atoms with Gasteiger partial charge in [-0.05, 0) is 98.0 Å². The Hall–Kier alpha value is -7.16. The summed E-state index contributed by atoms with van der Waals surface area (Å²) in [6, 6.07) is 71.1. The number of anilines is 2. The number of nitrogens with zero attached hydrogens (tertiary/aromatic N) is 1. The first-order valence-electron chi connectivity index (χ1n) is 19.9. The van der Waals surface area contributed by atoms with Crippen LogP contribution >= 0.6 is 0 Å². The van der Waals surface area contributed by atoms with Crippen LogP contribution in [0.15, 0.2) is 216 Å². The molecule has 0 radical (unpaired) electrons. The second-order valence-corrected chi connectivity index (χ2v) is 15.5. The number of rotatable bonds is 5. The number of furan rings is 1. The lowest BCUT2D eigenvalue weighted by molar-refractivity contribution is 0.633. The lowest BCUT2D eigenvalue weighted by Crippen LogP contribution is -2.42. The average molecular weight is 728 g/mol. The zero-order valence-corrected chi connectivity index (χ0v) is 31.3. The summed E-state index contributed by atoms with van der Waals surface area (Å²) in [5, 5.41) is 2.32. The summed E-state index contributed by atoms with van der Waals surface area (Å²) < 4.78 is 6.85. The van der Waals surface area contributed by atoms with E-state index < -0.39 is 5.41 Å². The topological polar surface area (TPSA) is 16.4 Å². The van der Waals surface area contributed by atoms with E-state index in [0.717, 1.165) is 28.4 Å². The number of hydrogen-bond acceptors (Lipinski definition) is 2. The van der Waals surface area contributed by atoms with Crippen LogP contribution in [0.25, 0.3) is 60.9 Å². The quantitative estimate of drug-likeness (QED) is 0.175. The van der Waals surface area contributed by atoms with Crippen molar-refractivity contribution < 1.29 is 4.42 Å². The van der Waals surface area contributed by atoms with Gasteiger partial charge in [0.05, 0.1) is 11.5 Å². The molecule has 3 aliphatic carbocycles. The molecule has 1 aromatic heterocycles. The zero-order chi connectivity index (χ0) is 37.5. The third-order valence-corrected chi connectivity index (χ3v) is 12.7. The normalized spacial score (nSPS) is 17.5. The largest absolute Gasteiger partial charge is 0.455 e. The molecule has 3 aliphatic rings. The third-order valence-electron chi connectivity index (χ3n) is 12.7. The lowest BCUT2D eigenvalue weighted by Gasteiger charge is -2.43. The molecule has 0 bridgehead atoms. The number of hydrogen-bond donors (Lipinski definition) is 0. The molecular formula is C55H37NO. The highest BCUT2D eigenvalue weighted by Crippen LogP contribution is 2.65. The van der Waals surface area contributed by atoms with E-state index in [1.54, 1.807) is 0 Å². The molecule has 2 heteroatoms. The first-order chi connectivity index (χ1) is 28.3. The van der Waals surface area contributed by atoms with Crippen molar-refractivity contribution in [1.82, 2.24) is 0 Å². The maximum absolute atomic E-state index is 6.85. The molecule has 1 spiro atoms. The van der Waals surface area contributed by atoms with Crippen LogP contribution in [0.1, 0.15) is 28.7 Å². The van der Waals surface area contributed by atoms with E-state index in [1.165, 1.54) is 78.2 Å². The van der Waals surface area contributed by atoms with Gasteiger partial charge in [0.25, 0.3) is 0 Å². The van der Waals surface area contributed by atoms with Gasteiger partial charge in [0.1, 0.15) is 11.2 Å². The molecule has 1 heterocycles. The molecule has 8 aromatic carbocycles. The van der Waals surface area contributed by atoms with Crippen molar-refractivity contribution in [2.45, 2.75) is 17.9 Å². The number of fused-ring (bicyclic) bond motifs is 13. The molecule has 1 unspecified atom stereocenters. The Morgan fingerprint density at radius 3 is 1.67 bits per heavy atom. The van der Waals surface area contributed by atoms with E-state index in [9.17, 15) is 0 Å². The van der Waals surface area contributed by atoms with Crippen LogP contribution in [-0.4, -0.2) is 6.04 Å². The second-order valence-electron chi connectivity index (χ2n) is 15.5. The highest BCUT2D eigenvalue weighted by atomic mass is 16.3. The maximum Gasteiger partial charge on any atom is 0.143 e. The van der Waals surface area contributed by atoms with Gasteiger partial charge in [-0.15, -0.1) is 0 Å². The fraction of sp³-hybridized carbons (Fsp3) is 0.0545. The van der Waals surface area contributed by atoms with Gasteiger partial charge in [0.2, 0.25) is 0 Å². The first kappa shape index (κ1) is 32.1. The second kappa shape index (κ2) is 12.4. The summed E-state index contributed by atoms with van der Waals surface area (Å²) >= 11 is 0. The van der Waals surface area contributed by atoms with E-state index in [-0.39, 0.29) is 6.04 Å². The van der Waals surface area contributed by atoms with Crippen LogP contribution in [0, 0.1) is 0 Å². The fourth-order valence-electron chi connectivity index (χ4n) is 10.3. The summed E-state index contributed by atoms with van der Waals surface area (Å²) in [7, 11) is 0. The van der Waals surface area contributed by atoms with Gasteiger partial charge in [-0.3, -0.25) is 0 Å². The van der Waals surface area contributed by atoms with E-state index in [0.29, 0.717) is 0 Å². The van der Waals surface area contributed by atoms with Crippen molar-refractivity contribution in [2.24, 2.45) is 0 Å². The van der Waals surface area contributed by atoms with Crippen LogP contribution in [0.5, 0.6) is 0 Å². The Bertz CT molecular complexity index is 3000. The molecule has 0 saturated carbocycles. The van der Waals surface area contributed by atoms with E-state index in [4.69, 9.17) is 4.42 Å². The van der Waals surface area contributed by atoms with Gasteiger partial charge in [0, 0.05) is 27.7 Å². The monoisotopic (exact) mass is 727 g/mol. The summed E-state index contributed by atoms with van der Waals surface area (Å²) in [6.07, 6.45) is 5.65. The predicted octanol–water partition coefficient (Wildman–Crippen LogP) is 14.2. The molecule has 0 saturated heterocycles. The van der Waals surface area contributed by atoms with Crippen LogP contribution in [0.4, 0.5) is 11.4 Å². The maximum atomic E-state index is 6.85. The smallest absolute Gasteiger partial charge is 0.143 e. The Labute approximate surface area is 332 Å². The molecule has 2 nitrogen and oxygen atoms in total. The Morgan fingerprint density at radius 2 is 1.00 bits per heavy atom. The van der Waals surface area contributed by atoms with Gasteiger partial charge in [0.15, 0.2) is 0 Å². The van der Waals surface area contributed by atoms with Crippen molar-refractivity contribution >= 4 is 38.9 Å². The van der Waals surface area contributed by atoms with Gasteiger partial charge in [-0.1, -0.05) is 176 Å². The van der Waals surface area contributed by atoms with E-state index in [2.05, 4.69) is 211 Å². The molecular weight excluding hydrogens is 691 g/mol. The fourth-order valence-corrected chi connectivity index (χ4v) is 10.3. The number of benzene rings is 8. The van der Waals surface area contributed by atoms with Crippen molar-refractivity contribution in [3.8, 4) is 33.4 Å². The lowest BCUT2D eigenvalue weighted by atomic mass is 9.66. The third kappa shape index (κ3) is 4.59. The molecule has 12 rings (SSSR count). The average Bonchev–Trinajstić information content (AvgIpc) is 3.92. The molecule has 0 N–H and O–H groups in total. The molecule has 9 aromatic rings. The highest BCUT2D eigenvalue weighted by Gasteiger charge is 2.56. The molecule has 2 atom stereocenters. The molecule has 0 amide bonds. The van der Waals surface area contributed by atoms with Crippen LogP contribution in [0.3, 0.4) is 0 Å². The molecule has 57 heavy (non-hydrogen) atoms. The number of para-hydroxylation sites is 1. The highest BCUT2D eigenvalue weighted by molar-refractivity contribution is 6.13. The van der Waals surface area contributed by atoms with E-state index in [1.807, 2.05) is 0 Å². The standard InChI is InChI=1S/C55H37NO/c1-3-14-36(15-4-1)38-26-30-40(31-27-38)56(41-32-28-39(29-33-41)37-16-5-2-6-17-37)50-24-13-21-44-42-18-7-10-22-47(42)55(53(44)50)48-23-11-8-20-46(48)52-49(55)35-34-45-43-19-9-12-25-51(43)57-54(45)52/h1-23,25-35,50H,24H2/t50-,55?/m1/s1. The van der Waals surface area contributed by atoms with Crippen molar-refractivity contribution in [2.75, 3.05) is 4.90 Å². The SMILES string of the molecule is C1=CC2=C([C@H](N(c3ccc(-c4ccccc4)cc3)c3ccc(-c4ccccc4)cc3)C1)C1(c3ccccc32)c2ccccc2-c2c1ccc1c2oc2ccccc21. The van der Waals surface area contributed by atoms with Crippen LogP contribution in [-0.2, 0) is 5.41 Å². The summed E-state index contributed by atoms with van der Waals surface area (Å²) in [4.78, 5) is 2.61. The van der Waals surface area contributed by atoms with Gasteiger partial charge in [-0.25, -0.2) is 0 Å². The van der Waals surface area contributed by atoms with Gasteiger partial charge in [-0.2, -0.15) is 0 Å². The van der Waals surface area contributed by atoms with Gasteiger partial charge < -0.3 is 9.32 Å². The number of allylic oxidation sites excluding steroid dienone is 2. The molecule has 0 fully saturated rings. The molecule has 0 aliphatic heterocycles. The Kier molecular flexibility index (Phi) is 7.00. The van der Waals surface area contributed by atoms with Crippen LogP contribution < -0.4 is 4.90 Å². The van der Waals surface area contributed by atoms with E-state index >= 15 is 0 Å². The van der Waals surface area contributed by atoms with Crippen LogP contribution in [0.2, 0.25) is 0 Å². The molecule has 268 valence electrons. The van der Waals surface area contributed by atoms with Crippen molar-refractivity contribution in [1.29, 1.82) is 0 Å². The van der Waals surface area contributed by atoms with Crippen molar-refractivity contribution in [3.63, 3.8) is 0 Å². The summed E-state index contributed by atoms with van der Waals surface area (Å²) in [5.41, 5.74) is 19.0. The predicted molar refractivity (Wildman–Crippen MR) is 236 cm³/mol. The zero-order valence-electron chi connectivity index (χ0n) is 31.3. The minimum atomic E-state index is -0.521. The van der Waals surface area contributed by atoms with Gasteiger partial charge >= 0.3 is 0 Å². The summed E-state index contributed by atoms with van der Waals surface area (Å²) in [6.45, 7) is 0. The summed E-state index contributed by atoms with van der Waals surface area (Å²) in [5.74, 6) is 0. The minimum absolute atomic E-state index is 0.00734. The Morgan fingerprint density at radius 1 is 0.456 bits per heavy atom. The Balaban J connectivity index is 1.11. The minimum Gasteiger partial charge on any atom is -0.455 e. The van der Waals surface area contributed by atoms with Crippen molar-refractivity contribution in [3.05, 3.63) is 234 Å².